The zero-order valence-corrected chi connectivity index (χ0v) is 14.5. The Balaban J connectivity index is 3.17. The first-order chi connectivity index (χ1) is 10.2. The van der Waals surface area contributed by atoms with E-state index in [2.05, 4.69) is 6.92 Å². The van der Waals surface area contributed by atoms with Gasteiger partial charge in [-0.25, -0.2) is 4.39 Å². The van der Waals surface area contributed by atoms with Crippen LogP contribution in [0.5, 0.6) is 0 Å². The number of hydrogen-bond donors (Lipinski definition) is 0. The summed E-state index contributed by atoms with van der Waals surface area (Å²) in [7, 11) is 0. The van der Waals surface area contributed by atoms with Crippen LogP contribution in [0.1, 0.15) is 96.8 Å². The summed E-state index contributed by atoms with van der Waals surface area (Å²) in [4.78, 5) is 10.1. The van der Waals surface area contributed by atoms with E-state index in [9.17, 15) is 9.18 Å². The van der Waals surface area contributed by atoms with E-state index in [0.717, 1.165) is 12.8 Å². The van der Waals surface area contributed by atoms with Gasteiger partial charge in [0, 0.05) is 6.42 Å². The van der Waals surface area contributed by atoms with Gasteiger partial charge in [0.05, 0.1) is 5.38 Å². The van der Waals surface area contributed by atoms with Crippen molar-refractivity contribution in [3.63, 3.8) is 0 Å². The molecule has 1 radical (unpaired) electrons. The van der Waals surface area contributed by atoms with Crippen molar-refractivity contribution in [2.75, 3.05) is 0 Å². The molecule has 0 rings (SSSR count). The highest BCUT2D eigenvalue weighted by atomic mass is 35.5. The maximum Gasteiger partial charge on any atom is 0.200 e. The van der Waals surface area contributed by atoms with E-state index in [0.29, 0.717) is 6.42 Å². The Morgan fingerprint density at radius 2 is 1.29 bits per heavy atom. The number of halogens is 2. The molecule has 0 saturated carbocycles. The van der Waals surface area contributed by atoms with Crippen molar-refractivity contribution in [1.82, 2.24) is 0 Å². The van der Waals surface area contributed by atoms with Crippen LogP contribution in [0.25, 0.3) is 0 Å². The minimum absolute atomic E-state index is 0.000971. The highest BCUT2D eigenvalue weighted by molar-refractivity contribution is 6.21. The molecule has 0 aromatic heterocycles. The van der Waals surface area contributed by atoms with Crippen LogP contribution in [0.15, 0.2) is 0 Å². The first kappa shape index (κ1) is 20.9. The Kier molecular flexibility index (Phi) is 16.2. The minimum Gasteiger partial charge on any atom is -0.291 e. The van der Waals surface area contributed by atoms with Crippen LogP contribution in [-0.2, 0) is 4.79 Å². The standard InChI is InChI=1S/C18H33ClFO/c1-2-3-4-5-6-7-8-9-10-11-12-13-14-18(20)17(19)15-16-21/h17-18H,2-15H2,1H3. The first-order valence-corrected chi connectivity index (χ1v) is 9.29. The van der Waals surface area contributed by atoms with Gasteiger partial charge in [0.1, 0.15) is 6.17 Å². The van der Waals surface area contributed by atoms with E-state index >= 15 is 0 Å². The van der Waals surface area contributed by atoms with E-state index in [1.54, 1.807) is 6.29 Å². The number of unbranched alkanes of at least 4 members (excludes halogenated alkanes) is 11. The summed E-state index contributed by atoms with van der Waals surface area (Å²) < 4.78 is 13.5. The Morgan fingerprint density at radius 1 is 0.857 bits per heavy atom. The molecule has 0 N–H and O–H groups in total. The lowest BCUT2D eigenvalue weighted by atomic mass is 10.0. The lowest BCUT2D eigenvalue weighted by molar-refractivity contribution is 0.294. The van der Waals surface area contributed by atoms with Gasteiger partial charge in [-0.1, -0.05) is 84.0 Å². The molecule has 2 atom stereocenters. The van der Waals surface area contributed by atoms with Gasteiger partial charge < -0.3 is 0 Å². The molecule has 125 valence electrons. The summed E-state index contributed by atoms with van der Waals surface area (Å²) in [6, 6.07) is 0. The van der Waals surface area contributed by atoms with Crippen molar-refractivity contribution in [3.8, 4) is 0 Å². The summed E-state index contributed by atoms with van der Waals surface area (Å²) in [6.45, 7) is 2.25. The van der Waals surface area contributed by atoms with Crippen LogP contribution in [0, 0.1) is 0 Å². The van der Waals surface area contributed by atoms with Crippen molar-refractivity contribution in [3.05, 3.63) is 0 Å². The largest absolute Gasteiger partial charge is 0.291 e. The third-order valence-electron chi connectivity index (χ3n) is 4.00. The van der Waals surface area contributed by atoms with E-state index < -0.39 is 11.5 Å². The molecule has 0 saturated heterocycles. The molecule has 0 amide bonds. The average Bonchev–Trinajstić information content (AvgIpc) is 2.48. The lowest BCUT2D eigenvalue weighted by Gasteiger charge is -2.11. The molecule has 0 aliphatic heterocycles. The monoisotopic (exact) mass is 319 g/mol. The lowest BCUT2D eigenvalue weighted by Crippen LogP contribution is -2.16. The molecule has 0 aromatic rings. The molecule has 0 aromatic carbocycles. The normalized spacial score (nSPS) is 14.0. The Morgan fingerprint density at radius 3 is 1.71 bits per heavy atom. The molecule has 0 aliphatic rings. The number of carbonyl (C=O) groups excluding carboxylic acids is 1. The van der Waals surface area contributed by atoms with Gasteiger partial charge in [0.15, 0.2) is 6.29 Å². The van der Waals surface area contributed by atoms with Gasteiger partial charge in [0.25, 0.3) is 0 Å². The van der Waals surface area contributed by atoms with Crippen LogP contribution in [-0.4, -0.2) is 17.8 Å². The van der Waals surface area contributed by atoms with Crippen LogP contribution >= 0.6 is 11.6 Å². The van der Waals surface area contributed by atoms with E-state index in [1.165, 1.54) is 64.2 Å². The predicted molar refractivity (Wildman–Crippen MR) is 90.5 cm³/mol. The van der Waals surface area contributed by atoms with Gasteiger partial charge in [-0.3, -0.25) is 4.79 Å². The summed E-state index contributed by atoms with van der Waals surface area (Å²) in [6.07, 6.45) is 16.4. The SMILES string of the molecule is CCCCCCCCCCCCCCC(F)C(Cl)C[C]=O. The molecule has 2 unspecified atom stereocenters. The van der Waals surface area contributed by atoms with Gasteiger partial charge in [0.2, 0.25) is 0 Å². The van der Waals surface area contributed by atoms with E-state index in [4.69, 9.17) is 11.6 Å². The maximum atomic E-state index is 13.5. The molecule has 0 spiro atoms. The molecule has 0 fully saturated rings. The highest BCUT2D eigenvalue weighted by Gasteiger charge is 2.17. The van der Waals surface area contributed by atoms with Gasteiger partial charge in [-0.2, -0.15) is 0 Å². The smallest absolute Gasteiger partial charge is 0.200 e. The zero-order chi connectivity index (χ0) is 15.8. The number of rotatable bonds is 16. The molecule has 0 aliphatic carbocycles. The average molecular weight is 320 g/mol. The van der Waals surface area contributed by atoms with Crippen molar-refractivity contribution in [1.29, 1.82) is 0 Å². The van der Waals surface area contributed by atoms with Crippen molar-refractivity contribution < 1.29 is 9.18 Å². The second-order valence-corrected chi connectivity index (χ2v) is 6.62. The highest BCUT2D eigenvalue weighted by Crippen LogP contribution is 2.18. The van der Waals surface area contributed by atoms with Crippen LogP contribution in [0.4, 0.5) is 4.39 Å². The molecule has 3 heteroatoms. The van der Waals surface area contributed by atoms with Crippen LogP contribution in [0.2, 0.25) is 0 Å². The molecule has 1 nitrogen and oxygen atoms in total. The fourth-order valence-corrected chi connectivity index (χ4v) is 2.76. The molecule has 0 bridgehead atoms. The topological polar surface area (TPSA) is 17.1 Å². The van der Waals surface area contributed by atoms with Crippen molar-refractivity contribution in [2.45, 2.75) is 108 Å². The number of hydrogen-bond acceptors (Lipinski definition) is 1. The number of alkyl halides is 2. The third kappa shape index (κ3) is 14.6. The van der Waals surface area contributed by atoms with Gasteiger partial charge in [-0.15, -0.1) is 11.6 Å². The Hall–Kier alpha value is -0.110. The first-order valence-electron chi connectivity index (χ1n) is 8.85. The van der Waals surface area contributed by atoms with Gasteiger partial charge in [-0.05, 0) is 6.42 Å². The van der Waals surface area contributed by atoms with E-state index in [1.807, 2.05) is 0 Å². The van der Waals surface area contributed by atoms with Gasteiger partial charge >= 0.3 is 0 Å². The Bertz CT molecular complexity index is 223. The Labute approximate surface area is 136 Å². The van der Waals surface area contributed by atoms with Crippen molar-refractivity contribution in [2.24, 2.45) is 0 Å². The summed E-state index contributed by atoms with van der Waals surface area (Å²) in [5, 5.41) is -0.685. The predicted octanol–water partition coefficient (Wildman–Crippen LogP) is 6.52. The van der Waals surface area contributed by atoms with E-state index in [-0.39, 0.29) is 6.42 Å². The summed E-state index contributed by atoms with van der Waals surface area (Å²) in [5.41, 5.74) is 0. The quantitative estimate of drug-likeness (QED) is 0.234. The minimum atomic E-state index is -1.06. The maximum absolute atomic E-state index is 13.5. The van der Waals surface area contributed by atoms with Crippen molar-refractivity contribution >= 4 is 17.9 Å². The second kappa shape index (κ2) is 16.3. The fourth-order valence-electron chi connectivity index (χ4n) is 2.57. The molecule has 21 heavy (non-hydrogen) atoms. The second-order valence-electron chi connectivity index (χ2n) is 6.06. The molecular weight excluding hydrogens is 287 g/mol. The summed E-state index contributed by atoms with van der Waals surface area (Å²) in [5.74, 6) is 0. The van der Waals surface area contributed by atoms with Crippen LogP contribution in [0.3, 0.4) is 0 Å². The zero-order valence-electron chi connectivity index (χ0n) is 13.7. The van der Waals surface area contributed by atoms with Crippen LogP contribution < -0.4 is 0 Å². The third-order valence-corrected chi connectivity index (χ3v) is 4.43. The fraction of sp³-hybridized carbons (Fsp3) is 0.944. The summed E-state index contributed by atoms with van der Waals surface area (Å²) >= 11 is 5.74. The molecular formula is C18H33ClFO. The molecule has 0 heterocycles.